The first kappa shape index (κ1) is 20.3. The van der Waals surface area contributed by atoms with Crippen molar-refractivity contribution in [1.29, 1.82) is 0 Å². The fourth-order valence-electron chi connectivity index (χ4n) is 2.37. The van der Waals surface area contributed by atoms with Crippen LogP contribution in [0, 0.1) is 6.92 Å². The minimum Gasteiger partial charge on any atom is -0.406 e. The Hall–Kier alpha value is -3.03. The van der Waals surface area contributed by atoms with Crippen molar-refractivity contribution in [3.05, 3.63) is 64.7 Å². The highest BCUT2D eigenvalue weighted by atomic mass is 19.4. The van der Waals surface area contributed by atoms with Gasteiger partial charge < -0.3 is 14.4 Å². The summed E-state index contributed by atoms with van der Waals surface area (Å²) in [4.78, 5) is 10.2. The van der Waals surface area contributed by atoms with Gasteiger partial charge in [0.1, 0.15) is 19.5 Å². The van der Waals surface area contributed by atoms with Crippen LogP contribution in [-0.2, 0) is 16.3 Å². The summed E-state index contributed by atoms with van der Waals surface area (Å²) in [6.07, 6.45) is -3.31. The van der Waals surface area contributed by atoms with Crippen LogP contribution in [0.25, 0.3) is 0 Å². The van der Waals surface area contributed by atoms with Crippen molar-refractivity contribution in [3.63, 3.8) is 0 Å². The summed E-state index contributed by atoms with van der Waals surface area (Å²) in [5, 5.41) is 7.81. The number of nitrogens with zero attached hydrogens (tertiary/aromatic N) is 2. The van der Waals surface area contributed by atoms with E-state index < -0.39 is 6.36 Å². The molecule has 2 aromatic carbocycles. The summed E-state index contributed by atoms with van der Waals surface area (Å²) in [5.41, 5.74) is 4.11. The predicted molar refractivity (Wildman–Crippen MR) is 95.9 cm³/mol. The van der Waals surface area contributed by atoms with Gasteiger partial charge in [0.15, 0.2) is 0 Å². The zero-order chi connectivity index (χ0) is 19.9. The second kappa shape index (κ2) is 9.07. The van der Waals surface area contributed by atoms with Gasteiger partial charge in [-0.2, -0.15) is 0 Å². The molecule has 0 amide bonds. The Balaban J connectivity index is 2.01. The Kier molecular flexibility index (Phi) is 6.81. The molecule has 0 N–H and O–H groups in total. The first-order chi connectivity index (χ1) is 12.8. The van der Waals surface area contributed by atoms with Gasteiger partial charge >= 0.3 is 6.36 Å². The van der Waals surface area contributed by atoms with E-state index in [4.69, 9.17) is 9.68 Å². The molecular formula is C19H19F3N2O3. The van der Waals surface area contributed by atoms with Gasteiger partial charge in [-0.05, 0) is 49.2 Å². The zero-order valence-corrected chi connectivity index (χ0v) is 15.1. The first-order valence-corrected chi connectivity index (χ1v) is 7.98. The van der Waals surface area contributed by atoms with Crippen molar-refractivity contribution in [3.8, 4) is 5.75 Å². The maximum Gasteiger partial charge on any atom is 0.573 e. The number of hydrogen-bond acceptors (Lipinski definition) is 5. The average Bonchev–Trinajstić information content (AvgIpc) is 2.60. The van der Waals surface area contributed by atoms with E-state index >= 15 is 0 Å². The van der Waals surface area contributed by atoms with Gasteiger partial charge in [0.05, 0.1) is 11.9 Å². The minimum atomic E-state index is -4.71. The number of benzene rings is 2. The highest BCUT2D eigenvalue weighted by molar-refractivity contribution is 5.99. The highest BCUT2D eigenvalue weighted by Gasteiger charge is 2.30. The third kappa shape index (κ3) is 6.32. The van der Waals surface area contributed by atoms with Crippen molar-refractivity contribution in [2.75, 3.05) is 7.11 Å². The fourth-order valence-corrected chi connectivity index (χ4v) is 2.37. The number of halogens is 3. The van der Waals surface area contributed by atoms with E-state index in [1.54, 1.807) is 0 Å². The number of hydrogen-bond donors (Lipinski definition) is 0. The molecule has 0 aliphatic rings. The van der Waals surface area contributed by atoms with Crippen LogP contribution < -0.4 is 4.74 Å². The first-order valence-electron chi connectivity index (χ1n) is 7.98. The molecule has 0 aromatic heterocycles. The standard InChI is InChI=1S/C19H19F3N2O3/c1-13-5-4-6-17(14(2)24-25-3)18(13)12-26-23-11-15-7-9-16(10-8-15)27-19(20,21)22/h4-11H,12H2,1-3H3/b23-11+,24-14-. The second-order valence-electron chi connectivity index (χ2n) is 5.59. The van der Waals surface area contributed by atoms with Crippen LogP contribution in [0.1, 0.15) is 29.2 Å². The fraction of sp³-hybridized carbons (Fsp3) is 0.263. The maximum atomic E-state index is 12.1. The van der Waals surface area contributed by atoms with Crippen molar-refractivity contribution in [2.45, 2.75) is 26.8 Å². The van der Waals surface area contributed by atoms with Crippen molar-refractivity contribution in [2.24, 2.45) is 10.3 Å². The van der Waals surface area contributed by atoms with E-state index in [2.05, 4.69) is 15.0 Å². The molecule has 2 aromatic rings. The van der Waals surface area contributed by atoms with Gasteiger partial charge in [-0.3, -0.25) is 0 Å². The molecule has 0 unspecified atom stereocenters. The molecule has 0 aliphatic carbocycles. The summed E-state index contributed by atoms with van der Waals surface area (Å²) in [6.45, 7) is 3.99. The molecule has 0 heterocycles. The molecule has 0 spiro atoms. The van der Waals surface area contributed by atoms with E-state index in [0.717, 1.165) is 16.7 Å². The van der Waals surface area contributed by atoms with Crippen molar-refractivity contribution in [1.82, 2.24) is 0 Å². The Morgan fingerprint density at radius 2 is 1.81 bits per heavy atom. The Morgan fingerprint density at radius 1 is 1.11 bits per heavy atom. The van der Waals surface area contributed by atoms with E-state index in [9.17, 15) is 13.2 Å². The third-order valence-corrected chi connectivity index (χ3v) is 3.63. The lowest BCUT2D eigenvalue weighted by atomic mass is 10.00. The third-order valence-electron chi connectivity index (χ3n) is 3.63. The van der Waals surface area contributed by atoms with Gasteiger partial charge in [0, 0.05) is 11.1 Å². The number of oxime groups is 2. The predicted octanol–water partition coefficient (Wildman–Crippen LogP) is 4.81. The molecule has 0 aliphatic heterocycles. The topological polar surface area (TPSA) is 52.4 Å². The zero-order valence-electron chi connectivity index (χ0n) is 15.1. The number of ether oxygens (including phenoxy) is 1. The number of aryl methyl sites for hydroxylation is 1. The molecule has 2 rings (SSSR count). The number of rotatable bonds is 7. The van der Waals surface area contributed by atoms with Crippen molar-refractivity contribution < 1.29 is 27.6 Å². The molecule has 0 radical (unpaired) electrons. The molecule has 0 atom stereocenters. The van der Waals surface area contributed by atoms with Crippen LogP contribution >= 0.6 is 0 Å². The van der Waals surface area contributed by atoms with Crippen LogP contribution in [0.4, 0.5) is 13.2 Å². The molecule has 0 bridgehead atoms. The molecule has 0 saturated carbocycles. The lowest BCUT2D eigenvalue weighted by molar-refractivity contribution is -0.274. The summed E-state index contributed by atoms with van der Waals surface area (Å²) in [7, 11) is 1.48. The van der Waals surface area contributed by atoms with E-state index in [1.807, 2.05) is 32.0 Å². The molecule has 5 nitrogen and oxygen atoms in total. The van der Waals surface area contributed by atoms with Crippen LogP contribution in [0.2, 0.25) is 0 Å². The van der Waals surface area contributed by atoms with Gasteiger partial charge in [-0.15, -0.1) is 13.2 Å². The highest BCUT2D eigenvalue weighted by Crippen LogP contribution is 2.22. The van der Waals surface area contributed by atoms with Crippen LogP contribution in [0.3, 0.4) is 0 Å². The largest absolute Gasteiger partial charge is 0.573 e. The lowest BCUT2D eigenvalue weighted by Gasteiger charge is -2.11. The van der Waals surface area contributed by atoms with Gasteiger partial charge in [0.2, 0.25) is 0 Å². The summed E-state index contributed by atoms with van der Waals surface area (Å²) >= 11 is 0. The number of alkyl halides is 3. The molecule has 27 heavy (non-hydrogen) atoms. The molecular weight excluding hydrogens is 361 g/mol. The van der Waals surface area contributed by atoms with E-state index in [-0.39, 0.29) is 12.4 Å². The smallest absolute Gasteiger partial charge is 0.406 e. The quantitative estimate of drug-likeness (QED) is 0.511. The second-order valence-corrected chi connectivity index (χ2v) is 5.59. The SMILES string of the molecule is CO/N=C(/C)c1cccc(C)c1CO/N=C/c1ccc(OC(F)(F)F)cc1. The van der Waals surface area contributed by atoms with E-state index in [0.29, 0.717) is 11.3 Å². The Morgan fingerprint density at radius 3 is 2.44 bits per heavy atom. The molecule has 0 saturated heterocycles. The maximum absolute atomic E-state index is 12.1. The van der Waals surface area contributed by atoms with Gasteiger partial charge in [0.25, 0.3) is 0 Å². The van der Waals surface area contributed by atoms with Crippen molar-refractivity contribution >= 4 is 11.9 Å². The van der Waals surface area contributed by atoms with Gasteiger partial charge in [-0.1, -0.05) is 28.5 Å². The monoisotopic (exact) mass is 380 g/mol. The van der Waals surface area contributed by atoms with Crippen LogP contribution in [0.15, 0.2) is 52.8 Å². The minimum absolute atomic E-state index is 0.213. The Bertz CT molecular complexity index is 816. The van der Waals surface area contributed by atoms with Gasteiger partial charge in [-0.25, -0.2) is 0 Å². The average molecular weight is 380 g/mol. The molecule has 0 fully saturated rings. The normalized spacial score (nSPS) is 12.3. The molecule has 8 heteroatoms. The lowest BCUT2D eigenvalue weighted by Crippen LogP contribution is -2.17. The summed E-state index contributed by atoms with van der Waals surface area (Å²) in [5.74, 6) is -0.293. The van der Waals surface area contributed by atoms with Crippen LogP contribution in [0.5, 0.6) is 5.75 Å². The molecule has 144 valence electrons. The summed E-state index contributed by atoms with van der Waals surface area (Å²) in [6, 6.07) is 11.1. The van der Waals surface area contributed by atoms with Crippen LogP contribution in [-0.4, -0.2) is 25.4 Å². The summed E-state index contributed by atoms with van der Waals surface area (Å²) < 4.78 is 40.2. The van der Waals surface area contributed by atoms with E-state index in [1.165, 1.54) is 37.6 Å². The Labute approximate surface area is 155 Å².